The Hall–Kier alpha value is -0.650. The minimum Gasteiger partial charge on any atom is -0.396 e. The zero-order valence-electron chi connectivity index (χ0n) is 12.3. The highest BCUT2D eigenvalue weighted by Gasteiger charge is 2.25. The molecule has 1 fully saturated rings. The summed E-state index contributed by atoms with van der Waals surface area (Å²) in [5.41, 5.74) is 0. The summed E-state index contributed by atoms with van der Waals surface area (Å²) in [5.74, 6) is 0.777. The summed E-state index contributed by atoms with van der Waals surface area (Å²) in [5, 5.41) is 15.2. The van der Waals surface area contributed by atoms with Crippen molar-refractivity contribution >= 4 is 5.91 Å². The highest BCUT2D eigenvalue weighted by molar-refractivity contribution is 5.72. The lowest BCUT2D eigenvalue weighted by Crippen LogP contribution is -2.51. The van der Waals surface area contributed by atoms with Gasteiger partial charge in [0, 0.05) is 45.8 Å². The van der Waals surface area contributed by atoms with Gasteiger partial charge in [0.05, 0.1) is 0 Å². The van der Waals surface area contributed by atoms with E-state index in [2.05, 4.69) is 22.5 Å². The van der Waals surface area contributed by atoms with Crippen molar-refractivity contribution in [3.05, 3.63) is 0 Å². The SMILES string of the molecule is CCC1CC(NCCCO)CN(CCNC(C)=O)C1. The van der Waals surface area contributed by atoms with Crippen LogP contribution in [0.25, 0.3) is 0 Å². The van der Waals surface area contributed by atoms with Crippen LogP contribution in [0.1, 0.15) is 33.1 Å². The van der Waals surface area contributed by atoms with Crippen molar-refractivity contribution in [1.29, 1.82) is 0 Å². The van der Waals surface area contributed by atoms with Gasteiger partial charge >= 0.3 is 0 Å². The molecule has 2 atom stereocenters. The molecule has 3 N–H and O–H groups in total. The Labute approximate surface area is 116 Å². The number of hydrogen-bond acceptors (Lipinski definition) is 4. The first-order valence-electron chi connectivity index (χ1n) is 7.46. The molecule has 0 aliphatic carbocycles. The van der Waals surface area contributed by atoms with Crippen molar-refractivity contribution in [3.8, 4) is 0 Å². The first-order chi connectivity index (χ1) is 9.15. The van der Waals surface area contributed by atoms with Gasteiger partial charge in [-0.1, -0.05) is 13.3 Å². The van der Waals surface area contributed by atoms with Crippen molar-refractivity contribution in [3.63, 3.8) is 0 Å². The Bertz CT molecular complexity index is 261. The molecule has 112 valence electrons. The summed E-state index contributed by atoms with van der Waals surface area (Å²) in [6.45, 7) is 8.77. The molecule has 5 nitrogen and oxygen atoms in total. The predicted molar refractivity (Wildman–Crippen MR) is 77.0 cm³/mol. The van der Waals surface area contributed by atoms with Crippen LogP contribution in [0.4, 0.5) is 0 Å². The zero-order chi connectivity index (χ0) is 14.1. The molecule has 19 heavy (non-hydrogen) atoms. The number of amides is 1. The number of aliphatic hydroxyl groups is 1. The molecule has 0 spiro atoms. The van der Waals surface area contributed by atoms with Crippen LogP contribution in [0.5, 0.6) is 0 Å². The highest BCUT2D eigenvalue weighted by Crippen LogP contribution is 2.19. The van der Waals surface area contributed by atoms with Gasteiger partial charge in [-0.3, -0.25) is 9.69 Å². The van der Waals surface area contributed by atoms with E-state index in [-0.39, 0.29) is 12.5 Å². The molecule has 5 heteroatoms. The van der Waals surface area contributed by atoms with Crippen LogP contribution in [-0.2, 0) is 4.79 Å². The third-order valence-electron chi connectivity index (χ3n) is 3.76. The number of aliphatic hydroxyl groups excluding tert-OH is 1. The maximum absolute atomic E-state index is 10.9. The molecule has 1 aliphatic heterocycles. The molecule has 0 aromatic rings. The van der Waals surface area contributed by atoms with Gasteiger partial charge in [-0.2, -0.15) is 0 Å². The maximum Gasteiger partial charge on any atom is 0.216 e. The number of hydrogen-bond donors (Lipinski definition) is 3. The van der Waals surface area contributed by atoms with Gasteiger partial charge in [-0.05, 0) is 25.3 Å². The molecule has 0 aromatic carbocycles. The number of nitrogens with zero attached hydrogens (tertiary/aromatic N) is 1. The Balaban J connectivity index is 2.32. The number of piperidine rings is 1. The van der Waals surface area contributed by atoms with Gasteiger partial charge in [0.1, 0.15) is 0 Å². The van der Waals surface area contributed by atoms with E-state index in [1.165, 1.54) is 12.8 Å². The predicted octanol–water partition coefficient (Wildman–Crippen LogP) is 0.195. The zero-order valence-corrected chi connectivity index (χ0v) is 12.3. The molecule has 2 unspecified atom stereocenters. The number of rotatable bonds is 8. The van der Waals surface area contributed by atoms with Crippen molar-refractivity contribution in [1.82, 2.24) is 15.5 Å². The third kappa shape index (κ3) is 6.89. The van der Waals surface area contributed by atoms with E-state index >= 15 is 0 Å². The lowest BCUT2D eigenvalue weighted by Gasteiger charge is -2.38. The van der Waals surface area contributed by atoms with Crippen LogP contribution in [0, 0.1) is 5.92 Å². The number of carbonyl (C=O) groups excluding carboxylic acids is 1. The molecule has 1 saturated heterocycles. The average molecular weight is 271 g/mol. The first kappa shape index (κ1) is 16.4. The monoisotopic (exact) mass is 271 g/mol. The van der Waals surface area contributed by atoms with Crippen LogP contribution in [0.3, 0.4) is 0 Å². The van der Waals surface area contributed by atoms with Gasteiger partial charge in [0.2, 0.25) is 5.91 Å². The standard InChI is InChI=1S/C14H29N3O2/c1-3-13-9-14(16-5-4-8-18)11-17(10-13)7-6-15-12(2)19/h13-14,16,18H,3-11H2,1-2H3,(H,15,19). The molecule has 0 radical (unpaired) electrons. The number of nitrogens with one attached hydrogen (secondary N) is 2. The largest absolute Gasteiger partial charge is 0.396 e. The van der Waals surface area contributed by atoms with Gasteiger partial charge in [-0.15, -0.1) is 0 Å². The normalized spacial score (nSPS) is 24.4. The smallest absolute Gasteiger partial charge is 0.216 e. The minimum absolute atomic E-state index is 0.0432. The van der Waals surface area contributed by atoms with Gasteiger partial charge in [-0.25, -0.2) is 0 Å². The lowest BCUT2D eigenvalue weighted by atomic mass is 9.92. The highest BCUT2D eigenvalue weighted by atomic mass is 16.3. The Morgan fingerprint density at radius 1 is 1.37 bits per heavy atom. The summed E-state index contributed by atoms with van der Waals surface area (Å²) in [7, 11) is 0. The van der Waals surface area contributed by atoms with Crippen LogP contribution in [0.15, 0.2) is 0 Å². The third-order valence-corrected chi connectivity index (χ3v) is 3.76. The summed E-state index contributed by atoms with van der Waals surface area (Å²) in [6, 6.07) is 0.516. The van der Waals surface area contributed by atoms with E-state index in [0.717, 1.165) is 45.1 Å². The van der Waals surface area contributed by atoms with E-state index in [4.69, 9.17) is 5.11 Å². The fourth-order valence-electron chi connectivity index (χ4n) is 2.70. The maximum atomic E-state index is 10.9. The van der Waals surface area contributed by atoms with Crippen LogP contribution in [-0.4, -0.2) is 61.3 Å². The Morgan fingerprint density at radius 3 is 2.79 bits per heavy atom. The fraction of sp³-hybridized carbons (Fsp3) is 0.929. The molecule has 1 heterocycles. The van der Waals surface area contributed by atoms with Gasteiger partial charge in [0.15, 0.2) is 0 Å². The second-order valence-electron chi connectivity index (χ2n) is 5.48. The summed E-state index contributed by atoms with van der Waals surface area (Å²) >= 11 is 0. The number of likely N-dealkylation sites (tertiary alicyclic amines) is 1. The first-order valence-corrected chi connectivity index (χ1v) is 7.46. The van der Waals surface area contributed by atoms with Gasteiger partial charge < -0.3 is 15.7 Å². The van der Waals surface area contributed by atoms with Crippen molar-refractivity contribution in [2.45, 2.75) is 39.2 Å². The quantitative estimate of drug-likeness (QED) is 0.552. The fourth-order valence-corrected chi connectivity index (χ4v) is 2.70. The molecule has 0 aromatic heterocycles. The van der Waals surface area contributed by atoms with E-state index < -0.39 is 0 Å². The molecule has 0 bridgehead atoms. The molecule has 1 aliphatic rings. The molecule has 1 amide bonds. The van der Waals surface area contributed by atoms with Crippen molar-refractivity contribution in [2.24, 2.45) is 5.92 Å². The number of carbonyl (C=O) groups is 1. The average Bonchev–Trinajstić information content (AvgIpc) is 2.38. The molecular weight excluding hydrogens is 242 g/mol. The second-order valence-corrected chi connectivity index (χ2v) is 5.48. The van der Waals surface area contributed by atoms with Crippen LogP contribution in [0.2, 0.25) is 0 Å². The van der Waals surface area contributed by atoms with E-state index in [0.29, 0.717) is 6.04 Å². The Kier molecular flexibility index (Phi) is 8.02. The van der Waals surface area contributed by atoms with E-state index in [9.17, 15) is 4.79 Å². The van der Waals surface area contributed by atoms with E-state index in [1.807, 2.05) is 0 Å². The molecule has 1 rings (SSSR count). The topological polar surface area (TPSA) is 64.6 Å². The Morgan fingerprint density at radius 2 is 2.16 bits per heavy atom. The summed E-state index contributed by atoms with van der Waals surface area (Å²) in [6.07, 6.45) is 3.24. The van der Waals surface area contributed by atoms with E-state index in [1.54, 1.807) is 6.92 Å². The van der Waals surface area contributed by atoms with Gasteiger partial charge in [0.25, 0.3) is 0 Å². The summed E-state index contributed by atoms with van der Waals surface area (Å²) < 4.78 is 0. The van der Waals surface area contributed by atoms with Crippen molar-refractivity contribution in [2.75, 3.05) is 39.3 Å². The summed E-state index contributed by atoms with van der Waals surface area (Å²) in [4.78, 5) is 13.3. The molecular formula is C14H29N3O2. The second kappa shape index (κ2) is 9.28. The van der Waals surface area contributed by atoms with Crippen LogP contribution < -0.4 is 10.6 Å². The molecule has 0 saturated carbocycles. The lowest BCUT2D eigenvalue weighted by molar-refractivity contribution is -0.119. The van der Waals surface area contributed by atoms with Crippen molar-refractivity contribution < 1.29 is 9.90 Å². The van der Waals surface area contributed by atoms with Crippen LogP contribution >= 0.6 is 0 Å². The minimum atomic E-state index is 0.0432.